The summed E-state index contributed by atoms with van der Waals surface area (Å²) >= 11 is 0. The van der Waals surface area contributed by atoms with E-state index >= 15 is 0 Å². The maximum atomic E-state index is 12.1. The summed E-state index contributed by atoms with van der Waals surface area (Å²) < 4.78 is 5.26. The number of hydrogen-bond donors (Lipinski definition) is 1. The second-order valence-electron chi connectivity index (χ2n) is 4.13. The molecule has 5 heteroatoms. The standard InChI is InChI=1S/C13H9NO4/c1-6(15)9-5-8-11(16)10-7(3-2-4-14-10)12(17)13(8)18-9/h2-6,15H,1H3. The van der Waals surface area contributed by atoms with Crippen molar-refractivity contribution < 1.29 is 19.1 Å². The second-order valence-corrected chi connectivity index (χ2v) is 4.13. The van der Waals surface area contributed by atoms with Gasteiger partial charge in [-0.05, 0) is 25.1 Å². The molecule has 3 rings (SSSR count). The molecule has 90 valence electrons. The van der Waals surface area contributed by atoms with Gasteiger partial charge in [0.1, 0.15) is 17.6 Å². The number of aliphatic hydroxyl groups is 1. The molecule has 0 spiro atoms. The number of carbonyl (C=O) groups excluding carboxylic acids is 2. The molecule has 18 heavy (non-hydrogen) atoms. The molecule has 0 aliphatic heterocycles. The lowest BCUT2D eigenvalue weighted by atomic mass is 9.92. The first kappa shape index (κ1) is 10.9. The van der Waals surface area contributed by atoms with Gasteiger partial charge in [-0.2, -0.15) is 0 Å². The summed E-state index contributed by atoms with van der Waals surface area (Å²) in [5.41, 5.74) is 0.538. The minimum atomic E-state index is -0.868. The third kappa shape index (κ3) is 1.34. The van der Waals surface area contributed by atoms with Crippen LogP contribution >= 0.6 is 0 Å². The van der Waals surface area contributed by atoms with E-state index in [4.69, 9.17) is 4.42 Å². The second kappa shape index (κ2) is 3.61. The van der Waals surface area contributed by atoms with Crippen molar-refractivity contribution in [1.82, 2.24) is 4.98 Å². The molecule has 1 aliphatic carbocycles. The third-order valence-electron chi connectivity index (χ3n) is 2.88. The Balaban J connectivity index is 2.24. The number of ketones is 2. The number of carbonyl (C=O) groups is 2. The zero-order valence-electron chi connectivity index (χ0n) is 9.51. The van der Waals surface area contributed by atoms with Crippen LogP contribution in [-0.4, -0.2) is 21.7 Å². The molecular weight excluding hydrogens is 234 g/mol. The van der Waals surface area contributed by atoms with Gasteiger partial charge in [-0.1, -0.05) is 0 Å². The molecule has 0 radical (unpaired) electrons. The Kier molecular flexibility index (Phi) is 2.18. The zero-order valence-corrected chi connectivity index (χ0v) is 9.51. The van der Waals surface area contributed by atoms with Gasteiger partial charge in [-0.3, -0.25) is 14.6 Å². The zero-order chi connectivity index (χ0) is 12.9. The highest BCUT2D eigenvalue weighted by Crippen LogP contribution is 2.30. The molecule has 0 bridgehead atoms. The van der Waals surface area contributed by atoms with Crippen LogP contribution in [0.1, 0.15) is 51.0 Å². The quantitative estimate of drug-likeness (QED) is 0.700. The van der Waals surface area contributed by atoms with Crippen molar-refractivity contribution in [2.75, 3.05) is 0 Å². The maximum absolute atomic E-state index is 12.1. The minimum Gasteiger partial charge on any atom is -0.454 e. The topological polar surface area (TPSA) is 80.4 Å². The number of furan rings is 1. The molecule has 0 aromatic carbocycles. The Bertz CT molecular complexity index is 617. The van der Waals surface area contributed by atoms with Crippen LogP contribution in [-0.2, 0) is 0 Å². The average Bonchev–Trinajstić information content (AvgIpc) is 2.81. The molecule has 2 aromatic rings. The third-order valence-corrected chi connectivity index (χ3v) is 2.88. The number of rotatable bonds is 1. The van der Waals surface area contributed by atoms with Gasteiger partial charge in [0.2, 0.25) is 11.6 Å². The van der Waals surface area contributed by atoms with Crippen molar-refractivity contribution in [3.05, 3.63) is 52.7 Å². The fourth-order valence-corrected chi connectivity index (χ4v) is 1.97. The van der Waals surface area contributed by atoms with Crippen molar-refractivity contribution in [3.63, 3.8) is 0 Å². The van der Waals surface area contributed by atoms with E-state index in [1.807, 2.05) is 0 Å². The maximum Gasteiger partial charge on any atom is 0.231 e. The predicted molar refractivity (Wildman–Crippen MR) is 60.4 cm³/mol. The molecule has 1 N–H and O–H groups in total. The van der Waals surface area contributed by atoms with Gasteiger partial charge in [0.05, 0.1) is 11.1 Å². The summed E-state index contributed by atoms with van der Waals surface area (Å²) in [4.78, 5) is 28.2. The highest BCUT2D eigenvalue weighted by atomic mass is 16.4. The van der Waals surface area contributed by atoms with Crippen LogP contribution in [0.3, 0.4) is 0 Å². The molecular formula is C13H9NO4. The Hall–Kier alpha value is -2.27. The monoisotopic (exact) mass is 243 g/mol. The molecule has 0 saturated carbocycles. The number of aromatic nitrogens is 1. The van der Waals surface area contributed by atoms with Crippen molar-refractivity contribution in [2.24, 2.45) is 0 Å². The van der Waals surface area contributed by atoms with Crippen LogP contribution in [0.2, 0.25) is 0 Å². The fourth-order valence-electron chi connectivity index (χ4n) is 1.97. The predicted octanol–water partition coefficient (Wildman–Crippen LogP) is 1.50. The molecule has 5 nitrogen and oxygen atoms in total. The fraction of sp³-hybridized carbons (Fsp3) is 0.154. The summed E-state index contributed by atoms with van der Waals surface area (Å²) in [5.74, 6) is -0.540. The highest BCUT2D eigenvalue weighted by Gasteiger charge is 2.34. The Labute approximate surface area is 102 Å². The van der Waals surface area contributed by atoms with Gasteiger partial charge in [0, 0.05) is 6.20 Å². The molecule has 2 heterocycles. The van der Waals surface area contributed by atoms with Crippen molar-refractivity contribution in [1.29, 1.82) is 0 Å². The van der Waals surface area contributed by atoms with Gasteiger partial charge >= 0.3 is 0 Å². The van der Waals surface area contributed by atoms with Crippen LogP contribution in [0.25, 0.3) is 0 Å². The number of pyridine rings is 1. The summed E-state index contributed by atoms with van der Waals surface area (Å²) in [6.45, 7) is 1.50. The summed E-state index contributed by atoms with van der Waals surface area (Å²) in [6.07, 6.45) is 0.595. The average molecular weight is 243 g/mol. The van der Waals surface area contributed by atoms with Crippen LogP contribution in [0.5, 0.6) is 0 Å². The molecule has 1 aliphatic rings. The lowest BCUT2D eigenvalue weighted by molar-refractivity contribution is 0.0950. The summed E-state index contributed by atoms with van der Waals surface area (Å²) in [7, 11) is 0. The van der Waals surface area contributed by atoms with Gasteiger partial charge in [-0.25, -0.2) is 0 Å². The van der Waals surface area contributed by atoms with Crippen LogP contribution in [0, 0.1) is 0 Å². The van der Waals surface area contributed by atoms with E-state index in [9.17, 15) is 14.7 Å². The van der Waals surface area contributed by atoms with Gasteiger partial charge in [0.15, 0.2) is 5.76 Å². The van der Waals surface area contributed by atoms with E-state index < -0.39 is 6.10 Å². The Morgan fingerprint density at radius 2 is 2.06 bits per heavy atom. The van der Waals surface area contributed by atoms with Crippen molar-refractivity contribution in [3.8, 4) is 0 Å². The lowest BCUT2D eigenvalue weighted by Crippen LogP contribution is -2.20. The minimum absolute atomic E-state index is 0.0172. The van der Waals surface area contributed by atoms with Crippen LogP contribution in [0.15, 0.2) is 28.8 Å². The largest absolute Gasteiger partial charge is 0.454 e. The molecule has 1 atom stereocenters. The SMILES string of the molecule is CC(O)c1cc2c(o1)C(=O)c1cccnc1C2=O. The van der Waals surface area contributed by atoms with Crippen LogP contribution in [0.4, 0.5) is 0 Å². The first-order valence-electron chi connectivity index (χ1n) is 5.46. The first-order chi connectivity index (χ1) is 8.59. The summed E-state index contributed by atoms with van der Waals surface area (Å²) in [6, 6.07) is 4.53. The van der Waals surface area contributed by atoms with Crippen LogP contribution < -0.4 is 0 Å². The highest BCUT2D eigenvalue weighted by molar-refractivity contribution is 6.26. The molecule has 0 fully saturated rings. The Morgan fingerprint density at radius 1 is 1.28 bits per heavy atom. The van der Waals surface area contributed by atoms with Gasteiger partial charge < -0.3 is 9.52 Å². The number of fused-ring (bicyclic) bond motifs is 2. The molecule has 0 saturated heterocycles. The van der Waals surface area contributed by atoms with E-state index in [0.29, 0.717) is 0 Å². The smallest absolute Gasteiger partial charge is 0.231 e. The van der Waals surface area contributed by atoms with E-state index in [1.165, 1.54) is 25.3 Å². The molecule has 0 amide bonds. The first-order valence-corrected chi connectivity index (χ1v) is 5.46. The number of nitrogens with zero attached hydrogens (tertiary/aromatic N) is 1. The van der Waals surface area contributed by atoms with Gasteiger partial charge in [-0.15, -0.1) is 0 Å². The molecule has 1 unspecified atom stereocenters. The summed E-state index contributed by atoms with van der Waals surface area (Å²) in [5, 5.41) is 9.43. The number of aliphatic hydroxyl groups excluding tert-OH is 1. The Morgan fingerprint density at radius 3 is 2.78 bits per heavy atom. The molecule has 2 aromatic heterocycles. The van der Waals surface area contributed by atoms with Gasteiger partial charge in [0.25, 0.3) is 0 Å². The van der Waals surface area contributed by atoms with E-state index in [-0.39, 0.29) is 39.9 Å². The lowest BCUT2D eigenvalue weighted by Gasteiger charge is -2.10. The normalized spacial score (nSPS) is 15.2. The number of hydrogen-bond acceptors (Lipinski definition) is 5. The van der Waals surface area contributed by atoms with Crippen molar-refractivity contribution in [2.45, 2.75) is 13.0 Å². The van der Waals surface area contributed by atoms with E-state index in [0.717, 1.165) is 0 Å². The van der Waals surface area contributed by atoms with E-state index in [2.05, 4.69) is 4.98 Å². The van der Waals surface area contributed by atoms with E-state index in [1.54, 1.807) is 6.07 Å². The van der Waals surface area contributed by atoms with Crippen molar-refractivity contribution >= 4 is 11.6 Å².